The predicted molar refractivity (Wildman–Crippen MR) is 90.5 cm³/mol. The van der Waals surface area contributed by atoms with Gasteiger partial charge in [0.2, 0.25) is 0 Å². The van der Waals surface area contributed by atoms with Gasteiger partial charge in [0, 0.05) is 42.8 Å². The van der Waals surface area contributed by atoms with Gasteiger partial charge in [-0.3, -0.25) is 9.69 Å². The molecule has 0 fully saturated rings. The summed E-state index contributed by atoms with van der Waals surface area (Å²) in [5.74, 6) is -0.0149. The van der Waals surface area contributed by atoms with Crippen LogP contribution in [0.3, 0.4) is 0 Å². The van der Waals surface area contributed by atoms with Crippen molar-refractivity contribution in [2.75, 3.05) is 19.6 Å². The summed E-state index contributed by atoms with van der Waals surface area (Å²) in [6.45, 7) is 9.03. The zero-order chi connectivity index (χ0) is 15.9. The number of carbonyl (C=O) groups is 1. The van der Waals surface area contributed by atoms with Crippen LogP contribution in [-0.2, 0) is 0 Å². The fraction of sp³-hybridized carbons (Fsp3) is 0.389. The van der Waals surface area contributed by atoms with Crippen LogP contribution >= 0.6 is 0 Å². The molecule has 0 unspecified atom stereocenters. The maximum Gasteiger partial charge on any atom is 0.251 e. The second kappa shape index (κ2) is 7.80. The molecule has 0 aliphatic heterocycles. The molecule has 0 aliphatic rings. The average molecular weight is 299 g/mol. The number of likely N-dealkylation sites (N-methyl/N-ethyl adjacent to an activating group) is 1. The van der Waals surface area contributed by atoms with Crippen molar-refractivity contribution in [3.8, 4) is 5.69 Å². The van der Waals surface area contributed by atoms with Gasteiger partial charge in [-0.25, -0.2) is 0 Å². The molecule has 0 bridgehead atoms. The number of aromatic nitrogens is 1. The van der Waals surface area contributed by atoms with Gasteiger partial charge in [0.1, 0.15) is 0 Å². The number of benzene rings is 1. The van der Waals surface area contributed by atoms with E-state index in [1.54, 1.807) is 0 Å². The average Bonchev–Trinajstić information content (AvgIpc) is 3.05. The van der Waals surface area contributed by atoms with Crippen LogP contribution in [0.2, 0.25) is 0 Å². The Morgan fingerprint density at radius 1 is 1.18 bits per heavy atom. The Kier molecular flexibility index (Phi) is 5.78. The highest BCUT2D eigenvalue weighted by Crippen LogP contribution is 2.10. The van der Waals surface area contributed by atoms with Crippen molar-refractivity contribution in [2.45, 2.75) is 26.8 Å². The van der Waals surface area contributed by atoms with E-state index in [4.69, 9.17) is 0 Å². The van der Waals surface area contributed by atoms with Gasteiger partial charge in [-0.2, -0.15) is 0 Å². The highest BCUT2D eigenvalue weighted by molar-refractivity contribution is 5.94. The van der Waals surface area contributed by atoms with Crippen LogP contribution < -0.4 is 5.32 Å². The summed E-state index contributed by atoms with van der Waals surface area (Å²) in [7, 11) is 0. The molecule has 2 rings (SSSR count). The molecule has 0 radical (unpaired) electrons. The molecule has 0 atom stereocenters. The minimum Gasteiger partial charge on any atom is -0.351 e. The Hall–Kier alpha value is -2.07. The Morgan fingerprint density at radius 2 is 1.82 bits per heavy atom. The minimum atomic E-state index is -0.0149. The third-order valence-electron chi connectivity index (χ3n) is 3.85. The van der Waals surface area contributed by atoms with Crippen molar-refractivity contribution in [2.24, 2.45) is 0 Å². The second-order valence-electron chi connectivity index (χ2n) is 5.62. The molecule has 1 amide bonds. The maximum absolute atomic E-state index is 12.1. The smallest absolute Gasteiger partial charge is 0.251 e. The van der Waals surface area contributed by atoms with Crippen LogP contribution in [0, 0.1) is 0 Å². The van der Waals surface area contributed by atoms with E-state index in [0.717, 1.165) is 18.8 Å². The highest BCUT2D eigenvalue weighted by atomic mass is 16.1. The molecule has 118 valence electrons. The molecular weight excluding hydrogens is 274 g/mol. The lowest BCUT2D eigenvalue weighted by molar-refractivity contribution is 0.0946. The SMILES string of the molecule is CCN(CCNC(=O)c1ccc(-n2cccc2)cc1)C(C)C. The quantitative estimate of drug-likeness (QED) is 0.853. The normalized spacial score (nSPS) is 11.1. The lowest BCUT2D eigenvalue weighted by Gasteiger charge is -2.24. The van der Waals surface area contributed by atoms with Gasteiger partial charge in [-0.1, -0.05) is 6.92 Å². The van der Waals surface area contributed by atoms with E-state index in [1.165, 1.54) is 0 Å². The molecule has 4 nitrogen and oxygen atoms in total. The Morgan fingerprint density at radius 3 is 2.36 bits per heavy atom. The predicted octanol–water partition coefficient (Wildman–Crippen LogP) is 2.94. The van der Waals surface area contributed by atoms with Gasteiger partial charge in [0.15, 0.2) is 0 Å². The number of nitrogens with one attached hydrogen (secondary N) is 1. The Balaban J connectivity index is 1.88. The summed E-state index contributed by atoms with van der Waals surface area (Å²) in [5.41, 5.74) is 1.75. The molecular formula is C18H25N3O. The maximum atomic E-state index is 12.1. The van der Waals surface area contributed by atoms with E-state index in [1.807, 2.05) is 53.4 Å². The summed E-state index contributed by atoms with van der Waals surface area (Å²) in [4.78, 5) is 14.5. The number of hydrogen-bond donors (Lipinski definition) is 1. The summed E-state index contributed by atoms with van der Waals surface area (Å²) in [5, 5.41) is 2.99. The second-order valence-corrected chi connectivity index (χ2v) is 5.62. The van der Waals surface area contributed by atoms with Crippen LogP contribution in [0.15, 0.2) is 48.8 Å². The van der Waals surface area contributed by atoms with Crippen molar-refractivity contribution in [3.05, 3.63) is 54.4 Å². The number of carbonyl (C=O) groups excluding carboxylic acids is 1. The lowest BCUT2D eigenvalue weighted by atomic mass is 10.2. The molecule has 0 aliphatic carbocycles. The molecule has 1 aromatic carbocycles. The van der Waals surface area contributed by atoms with E-state index in [-0.39, 0.29) is 5.91 Å². The van der Waals surface area contributed by atoms with Crippen molar-refractivity contribution >= 4 is 5.91 Å². The van der Waals surface area contributed by atoms with Crippen molar-refractivity contribution < 1.29 is 4.79 Å². The first-order valence-electron chi connectivity index (χ1n) is 7.87. The van der Waals surface area contributed by atoms with Crippen LogP contribution in [0.4, 0.5) is 0 Å². The summed E-state index contributed by atoms with van der Waals surface area (Å²) >= 11 is 0. The van der Waals surface area contributed by atoms with Gasteiger partial charge in [0.25, 0.3) is 5.91 Å². The topological polar surface area (TPSA) is 37.3 Å². The third-order valence-corrected chi connectivity index (χ3v) is 3.85. The number of nitrogens with zero attached hydrogens (tertiary/aromatic N) is 2. The zero-order valence-electron chi connectivity index (χ0n) is 13.6. The standard InChI is InChI=1S/C18H25N3O/c1-4-20(15(2)3)14-11-19-18(22)16-7-9-17(10-8-16)21-12-5-6-13-21/h5-10,12-13,15H,4,11,14H2,1-3H3,(H,19,22). The number of hydrogen-bond acceptors (Lipinski definition) is 2. The van der Waals surface area contributed by atoms with Gasteiger partial charge in [0.05, 0.1) is 0 Å². The van der Waals surface area contributed by atoms with Crippen molar-refractivity contribution in [1.29, 1.82) is 0 Å². The molecule has 2 aromatic rings. The van der Waals surface area contributed by atoms with Crippen LogP contribution in [0.25, 0.3) is 5.69 Å². The Labute approximate surface area is 132 Å². The van der Waals surface area contributed by atoms with E-state index in [0.29, 0.717) is 18.2 Å². The van der Waals surface area contributed by atoms with Gasteiger partial charge in [-0.05, 0) is 56.8 Å². The molecule has 1 heterocycles. The molecule has 22 heavy (non-hydrogen) atoms. The lowest BCUT2D eigenvalue weighted by Crippen LogP contribution is -2.38. The van der Waals surface area contributed by atoms with E-state index in [2.05, 4.69) is 31.0 Å². The fourth-order valence-corrected chi connectivity index (χ4v) is 2.49. The first-order chi connectivity index (χ1) is 10.6. The summed E-state index contributed by atoms with van der Waals surface area (Å²) < 4.78 is 2.02. The molecule has 1 N–H and O–H groups in total. The van der Waals surface area contributed by atoms with E-state index >= 15 is 0 Å². The number of amides is 1. The van der Waals surface area contributed by atoms with Crippen molar-refractivity contribution in [1.82, 2.24) is 14.8 Å². The Bertz CT molecular complexity index is 573. The third kappa shape index (κ3) is 4.21. The van der Waals surface area contributed by atoms with Crippen molar-refractivity contribution in [3.63, 3.8) is 0 Å². The van der Waals surface area contributed by atoms with E-state index < -0.39 is 0 Å². The zero-order valence-corrected chi connectivity index (χ0v) is 13.6. The molecule has 4 heteroatoms. The summed E-state index contributed by atoms with van der Waals surface area (Å²) in [6.07, 6.45) is 3.97. The number of rotatable bonds is 7. The van der Waals surface area contributed by atoms with Gasteiger partial charge >= 0.3 is 0 Å². The van der Waals surface area contributed by atoms with Gasteiger partial charge in [-0.15, -0.1) is 0 Å². The first-order valence-corrected chi connectivity index (χ1v) is 7.87. The first kappa shape index (κ1) is 16.3. The van der Waals surface area contributed by atoms with Crippen LogP contribution in [0.1, 0.15) is 31.1 Å². The van der Waals surface area contributed by atoms with Gasteiger partial charge < -0.3 is 9.88 Å². The van der Waals surface area contributed by atoms with E-state index in [9.17, 15) is 4.79 Å². The molecule has 1 aromatic heterocycles. The monoisotopic (exact) mass is 299 g/mol. The summed E-state index contributed by atoms with van der Waals surface area (Å²) in [6, 6.07) is 12.1. The fourth-order valence-electron chi connectivity index (χ4n) is 2.49. The largest absolute Gasteiger partial charge is 0.351 e. The minimum absolute atomic E-state index is 0.0149. The molecule has 0 saturated heterocycles. The van der Waals surface area contributed by atoms with Crippen LogP contribution in [-0.4, -0.2) is 41.1 Å². The highest BCUT2D eigenvalue weighted by Gasteiger charge is 2.09. The van der Waals surface area contributed by atoms with Crippen LogP contribution in [0.5, 0.6) is 0 Å². The molecule has 0 spiro atoms. The molecule has 0 saturated carbocycles.